The van der Waals surface area contributed by atoms with E-state index in [-0.39, 0.29) is 24.6 Å². The number of carbonyl (C=O) groups excluding carboxylic acids is 1. The number of nitrogen functional groups attached to an aromatic ring is 1. The van der Waals surface area contributed by atoms with Crippen molar-refractivity contribution >= 4 is 21.6 Å². The Kier molecular flexibility index (Phi) is 5.13. The van der Waals surface area contributed by atoms with Crippen LogP contribution >= 0.6 is 0 Å². The summed E-state index contributed by atoms with van der Waals surface area (Å²) >= 11 is 0. The summed E-state index contributed by atoms with van der Waals surface area (Å²) in [4.78, 5) is 11.8. The highest BCUT2D eigenvalue weighted by atomic mass is 32.2. The second kappa shape index (κ2) is 6.39. The maximum Gasteiger partial charge on any atom is 0.251 e. The van der Waals surface area contributed by atoms with Crippen LogP contribution in [-0.2, 0) is 10.0 Å². The van der Waals surface area contributed by atoms with Gasteiger partial charge in [-0.25, -0.2) is 13.6 Å². The highest BCUT2D eigenvalue weighted by Gasteiger charge is 2.09. The molecule has 7 nitrogen and oxygen atoms in total. The summed E-state index contributed by atoms with van der Waals surface area (Å²) in [7, 11) is -2.03. The quantitative estimate of drug-likeness (QED) is 0.489. The second-order valence-corrected chi connectivity index (χ2v) is 5.67. The fourth-order valence-corrected chi connectivity index (χ4v) is 1.98. The van der Waals surface area contributed by atoms with E-state index in [1.165, 1.54) is 13.2 Å². The van der Waals surface area contributed by atoms with Gasteiger partial charge < -0.3 is 15.8 Å². The number of ether oxygens (including phenoxy) is 1. The molecule has 19 heavy (non-hydrogen) atoms. The number of rotatable bonds is 6. The van der Waals surface area contributed by atoms with Gasteiger partial charge in [0.05, 0.1) is 18.6 Å². The van der Waals surface area contributed by atoms with Crippen molar-refractivity contribution in [3.05, 3.63) is 23.8 Å². The number of anilines is 1. The molecule has 0 aliphatic rings. The molecule has 1 aromatic carbocycles. The number of sulfonamides is 1. The van der Waals surface area contributed by atoms with Gasteiger partial charge in [-0.1, -0.05) is 0 Å². The van der Waals surface area contributed by atoms with Crippen LogP contribution in [0.4, 0.5) is 5.69 Å². The summed E-state index contributed by atoms with van der Waals surface area (Å²) in [5.41, 5.74) is 6.46. The smallest absolute Gasteiger partial charge is 0.251 e. The first-order valence-corrected chi connectivity index (χ1v) is 7.27. The van der Waals surface area contributed by atoms with Gasteiger partial charge in [-0.3, -0.25) is 4.79 Å². The average molecular weight is 287 g/mol. The third kappa shape index (κ3) is 5.14. The molecule has 0 saturated heterocycles. The minimum atomic E-state index is -3.49. The van der Waals surface area contributed by atoms with Crippen molar-refractivity contribution < 1.29 is 17.9 Å². The van der Waals surface area contributed by atoms with Crippen LogP contribution in [0.5, 0.6) is 5.75 Å². The number of benzene rings is 1. The van der Waals surface area contributed by atoms with E-state index in [9.17, 15) is 13.2 Å². The van der Waals surface area contributed by atoms with Gasteiger partial charge in [0, 0.05) is 12.1 Å². The predicted molar refractivity (Wildman–Crippen MR) is 72.3 cm³/mol. The summed E-state index contributed by atoms with van der Waals surface area (Å²) < 4.78 is 26.4. The van der Waals surface area contributed by atoms with Crippen LogP contribution in [0.15, 0.2) is 18.2 Å². The molecule has 0 spiro atoms. The molecular weight excluding hydrogens is 270 g/mol. The van der Waals surface area contributed by atoms with Crippen molar-refractivity contribution in [1.82, 2.24) is 5.32 Å². The van der Waals surface area contributed by atoms with E-state index in [4.69, 9.17) is 15.6 Å². The van der Waals surface area contributed by atoms with Crippen molar-refractivity contribution in [1.29, 1.82) is 0 Å². The minimum Gasteiger partial charge on any atom is -0.495 e. The second-order valence-electron chi connectivity index (χ2n) is 3.93. The van der Waals surface area contributed by atoms with Gasteiger partial charge >= 0.3 is 0 Å². The lowest BCUT2D eigenvalue weighted by molar-refractivity contribution is 0.0953. The highest BCUT2D eigenvalue weighted by molar-refractivity contribution is 7.89. The van der Waals surface area contributed by atoms with Crippen LogP contribution in [-0.4, -0.2) is 33.7 Å². The molecule has 0 fully saturated rings. The Morgan fingerprint density at radius 2 is 2.11 bits per heavy atom. The maximum atomic E-state index is 11.8. The number of hydrogen-bond acceptors (Lipinski definition) is 5. The monoisotopic (exact) mass is 287 g/mol. The van der Waals surface area contributed by atoms with Crippen LogP contribution < -0.4 is 20.9 Å². The summed E-state index contributed by atoms with van der Waals surface area (Å²) in [5.74, 6) is -0.0804. The number of nitrogens with one attached hydrogen (secondary N) is 1. The Labute approximate surface area is 112 Å². The van der Waals surface area contributed by atoms with Gasteiger partial charge in [-0.15, -0.1) is 0 Å². The topological polar surface area (TPSA) is 125 Å². The van der Waals surface area contributed by atoms with Gasteiger partial charge in [-0.05, 0) is 24.6 Å². The molecule has 8 heteroatoms. The van der Waals surface area contributed by atoms with E-state index in [1.54, 1.807) is 12.1 Å². The van der Waals surface area contributed by atoms with Crippen LogP contribution in [0.2, 0.25) is 0 Å². The summed E-state index contributed by atoms with van der Waals surface area (Å²) in [6.45, 7) is 0.224. The fourth-order valence-electron chi connectivity index (χ4n) is 1.43. The number of carbonyl (C=O) groups is 1. The van der Waals surface area contributed by atoms with Gasteiger partial charge in [0.25, 0.3) is 5.91 Å². The first kappa shape index (κ1) is 15.3. The standard InChI is InChI=1S/C11H17N3O4S/c1-18-10-7-8(3-4-9(10)12)11(15)14-5-2-6-19(13,16)17/h3-4,7H,2,5-6,12H2,1H3,(H,14,15)(H2,13,16,17). The Morgan fingerprint density at radius 3 is 2.68 bits per heavy atom. The molecule has 5 N–H and O–H groups in total. The molecule has 1 aromatic rings. The summed E-state index contributed by atoms with van der Waals surface area (Å²) in [6.07, 6.45) is 0.261. The number of primary sulfonamides is 1. The molecule has 0 bridgehead atoms. The number of nitrogens with two attached hydrogens (primary N) is 2. The largest absolute Gasteiger partial charge is 0.495 e. The van der Waals surface area contributed by atoms with E-state index >= 15 is 0 Å². The van der Waals surface area contributed by atoms with Crippen LogP contribution in [0.1, 0.15) is 16.8 Å². The lowest BCUT2D eigenvalue weighted by atomic mass is 10.2. The first-order valence-electron chi connectivity index (χ1n) is 5.55. The van der Waals surface area contributed by atoms with Crippen LogP contribution in [0.3, 0.4) is 0 Å². The third-order valence-corrected chi connectivity index (χ3v) is 3.24. The zero-order valence-corrected chi connectivity index (χ0v) is 11.4. The maximum absolute atomic E-state index is 11.8. The van der Waals surface area contributed by atoms with Crippen molar-refractivity contribution in [3.8, 4) is 5.75 Å². The van der Waals surface area contributed by atoms with Gasteiger partial charge in [-0.2, -0.15) is 0 Å². The molecule has 1 amide bonds. The highest BCUT2D eigenvalue weighted by Crippen LogP contribution is 2.21. The molecule has 0 saturated carbocycles. The number of hydrogen-bond donors (Lipinski definition) is 3. The van der Waals surface area contributed by atoms with E-state index in [2.05, 4.69) is 5.32 Å². The SMILES string of the molecule is COc1cc(C(=O)NCCCS(N)(=O)=O)ccc1N. The van der Waals surface area contributed by atoms with Gasteiger partial charge in [0.15, 0.2) is 0 Å². The molecule has 0 unspecified atom stereocenters. The van der Waals surface area contributed by atoms with Gasteiger partial charge in [0.2, 0.25) is 10.0 Å². The van der Waals surface area contributed by atoms with Crippen LogP contribution in [0.25, 0.3) is 0 Å². The molecule has 106 valence electrons. The van der Waals surface area contributed by atoms with E-state index in [0.29, 0.717) is 17.0 Å². The van der Waals surface area contributed by atoms with E-state index in [0.717, 1.165) is 0 Å². The molecule has 0 aliphatic heterocycles. The van der Waals surface area contributed by atoms with Crippen molar-refractivity contribution in [2.75, 3.05) is 25.1 Å². The Hall–Kier alpha value is -1.80. The third-order valence-electron chi connectivity index (χ3n) is 2.39. The molecule has 1 rings (SSSR count). The molecule has 0 aliphatic carbocycles. The lowest BCUT2D eigenvalue weighted by Gasteiger charge is -2.08. The molecule has 0 aromatic heterocycles. The fraction of sp³-hybridized carbons (Fsp3) is 0.364. The van der Waals surface area contributed by atoms with Gasteiger partial charge in [0.1, 0.15) is 5.75 Å². The Bertz CT molecular complexity index is 557. The Balaban J connectivity index is 2.54. The van der Waals surface area contributed by atoms with Crippen molar-refractivity contribution in [2.24, 2.45) is 5.14 Å². The normalized spacial score (nSPS) is 11.1. The van der Waals surface area contributed by atoms with Crippen molar-refractivity contribution in [3.63, 3.8) is 0 Å². The first-order chi connectivity index (χ1) is 8.83. The van der Waals surface area contributed by atoms with E-state index < -0.39 is 10.0 Å². The number of methoxy groups -OCH3 is 1. The summed E-state index contributed by atoms with van der Waals surface area (Å²) in [5, 5.41) is 7.43. The number of amides is 1. The average Bonchev–Trinajstić information content (AvgIpc) is 2.33. The molecule has 0 atom stereocenters. The lowest BCUT2D eigenvalue weighted by Crippen LogP contribution is -2.27. The molecular formula is C11H17N3O4S. The molecule has 0 heterocycles. The summed E-state index contributed by atoms with van der Waals surface area (Å²) in [6, 6.07) is 4.65. The Morgan fingerprint density at radius 1 is 1.42 bits per heavy atom. The minimum absolute atomic E-state index is 0.168. The molecule has 0 radical (unpaired) electrons. The van der Waals surface area contributed by atoms with Crippen LogP contribution in [0, 0.1) is 0 Å². The van der Waals surface area contributed by atoms with E-state index in [1.807, 2.05) is 0 Å². The zero-order chi connectivity index (χ0) is 14.5. The zero-order valence-electron chi connectivity index (χ0n) is 10.5. The predicted octanol–water partition coefficient (Wildman–Crippen LogP) is -0.314. The van der Waals surface area contributed by atoms with Crippen molar-refractivity contribution in [2.45, 2.75) is 6.42 Å².